The highest BCUT2D eigenvalue weighted by Gasteiger charge is 2.10. The van der Waals surface area contributed by atoms with E-state index < -0.39 is 0 Å². The van der Waals surface area contributed by atoms with Crippen molar-refractivity contribution in [3.63, 3.8) is 0 Å². The Balaban J connectivity index is 2.03. The van der Waals surface area contributed by atoms with Gasteiger partial charge in [-0.1, -0.05) is 24.3 Å². The van der Waals surface area contributed by atoms with Crippen molar-refractivity contribution in [1.82, 2.24) is 5.32 Å². The van der Waals surface area contributed by atoms with E-state index >= 15 is 0 Å². The minimum atomic E-state index is -0.262. The molecule has 2 N–H and O–H groups in total. The fourth-order valence-electron chi connectivity index (χ4n) is 1.83. The molecule has 0 saturated carbocycles. The topological polar surface area (TPSA) is 64.9 Å². The first-order valence-corrected chi connectivity index (χ1v) is 6.69. The van der Waals surface area contributed by atoms with E-state index in [4.69, 9.17) is 17.5 Å². The van der Waals surface area contributed by atoms with Crippen LogP contribution in [0.2, 0.25) is 0 Å². The Labute approximate surface area is 128 Å². The van der Waals surface area contributed by atoms with E-state index in [-0.39, 0.29) is 11.0 Å². The molecular formula is C16H13N3OS. The number of nitriles is 1. The van der Waals surface area contributed by atoms with Gasteiger partial charge in [-0.2, -0.15) is 5.26 Å². The summed E-state index contributed by atoms with van der Waals surface area (Å²) in [6.45, 7) is 1.86. The Morgan fingerprint density at radius 2 is 1.95 bits per heavy atom. The number of anilines is 1. The van der Waals surface area contributed by atoms with Crippen LogP contribution in [0, 0.1) is 18.3 Å². The molecular weight excluding hydrogens is 282 g/mol. The maximum Gasteiger partial charge on any atom is 0.257 e. The van der Waals surface area contributed by atoms with Crippen LogP contribution in [-0.2, 0) is 0 Å². The van der Waals surface area contributed by atoms with Gasteiger partial charge in [-0.15, -0.1) is 0 Å². The molecule has 0 aliphatic heterocycles. The van der Waals surface area contributed by atoms with Crippen molar-refractivity contribution in [1.29, 1.82) is 5.26 Å². The monoisotopic (exact) mass is 295 g/mol. The minimum absolute atomic E-state index is 0.193. The first-order valence-electron chi connectivity index (χ1n) is 6.28. The van der Waals surface area contributed by atoms with Gasteiger partial charge in [0.1, 0.15) is 0 Å². The van der Waals surface area contributed by atoms with Gasteiger partial charge in [0.05, 0.1) is 11.6 Å². The molecule has 2 rings (SSSR count). The molecule has 0 aromatic heterocycles. The lowest BCUT2D eigenvalue weighted by molar-refractivity contribution is 0.0977. The molecule has 0 saturated heterocycles. The number of carbonyl (C=O) groups is 1. The van der Waals surface area contributed by atoms with Crippen LogP contribution in [0.3, 0.4) is 0 Å². The fourth-order valence-corrected chi connectivity index (χ4v) is 2.04. The maximum absolute atomic E-state index is 12.1. The van der Waals surface area contributed by atoms with Gasteiger partial charge in [-0.05, 0) is 49.0 Å². The third kappa shape index (κ3) is 3.88. The van der Waals surface area contributed by atoms with Gasteiger partial charge in [0, 0.05) is 11.3 Å². The van der Waals surface area contributed by atoms with Gasteiger partial charge in [-0.3, -0.25) is 10.1 Å². The van der Waals surface area contributed by atoms with E-state index in [0.29, 0.717) is 16.8 Å². The average Bonchev–Trinajstić information content (AvgIpc) is 2.47. The van der Waals surface area contributed by atoms with Crippen molar-refractivity contribution in [2.45, 2.75) is 6.92 Å². The average molecular weight is 295 g/mol. The van der Waals surface area contributed by atoms with Crippen LogP contribution in [0.4, 0.5) is 5.69 Å². The summed E-state index contributed by atoms with van der Waals surface area (Å²) in [5.41, 5.74) is 2.63. The van der Waals surface area contributed by atoms with Crippen molar-refractivity contribution >= 4 is 28.9 Å². The second-order valence-electron chi connectivity index (χ2n) is 4.42. The van der Waals surface area contributed by atoms with Gasteiger partial charge >= 0.3 is 0 Å². The molecule has 0 spiro atoms. The Morgan fingerprint density at radius 3 is 2.67 bits per heavy atom. The summed E-state index contributed by atoms with van der Waals surface area (Å²) in [6.07, 6.45) is 0. The van der Waals surface area contributed by atoms with E-state index in [1.807, 2.05) is 25.1 Å². The molecule has 1 amide bonds. The number of hydrogen-bond donors (Lipinski definition) is 2. The van der Waals surface area contributed by atoms with Crippen LogP contribution in [-0.4, -0.2) is 11.0 Å². The van der Waals surface area contributed by atoms with Crippen LogP contribution in [0.5, 0.6) is 0 Å². The van der Waals surface area contributed by atoms with Crippen molar-refractivity contribution in [3.8, 4) is 6.07 Å². The molecule has 0 fully saturated rings. The highest BCUT2D eigenvalue weighted by molar-refractivity contribution is 7.80. The summed E-state index contributed by atoms with van der Waals surface area (Å²) in [4.78, 5) is 12.1. The molecule has 2 aromatic carbocycles. The normalized spacial score (nSPS) is 9.52. The van der Waals surface area contributed by atoms with Crippen LogP contribution in [0.25, 0.3) is 0 Å². The Morgan fingerprint density at radius 1 is 1.19 bits per heavy atom. The molecule has 4 nitrogen and oxygen atoms in total. The number of nitrogens with one attached hydrogen (secondary N) is 2. The standard InChI is InChI=1S/C16H13N3OS/c1-11-5-2-3-8-14(11)15(20)19-16(21)18-13-7-4-6-12(9-13)10-17/h2-9H,1H3,(H2,18,19,20,21). The van der Waals surface area contributed by atoms with Gasteiger partial charge in [0.15, 0.2) is 5.11 Å². The molecule has 0 unspecified atom stereocenters. The van der Waals surface area contributed by atoms with Crippen molar-refractivity contribution in [2.75, 3.05) is 5.32 Å². The molecule has 0 aliphatic rings. The SMILES string of the molecule is Cc1ccccc1C(=O)NC(=S)Nc1cccc(C#N)c1. The molecule has 0 aliphatic carbocycles. The summed E-state index contributed by atoms with van der Waals surface area (Å²) in [6, 6.07) is 16.2. The molecule has 104 valence electrons. The molecule has 5 heteroatoms. The molecule has 2 aromatic rings. The Bertz CT molecular complexity index is 734. The van der Waals surface area contributed by atoms with Gasteiger partial charge < -0.3 is 5.32 Å². The zero-order chi connectivity index (χ0) is 15.2. The highest BCUT2D eigenvalue weighted by Crippen LogP contribution is 2.10. The second-order valence-corrected chi connectivity index (χ2v) is 4.82. The lowest BCUT2D eigenvalue weighted by Gasteiger charge is -2.10. The smallest absolute Gasteiger partial charge is 0.257 e. The van der Waals surface area contributed by atoms with E-state index in [1.54, 1.807) is 36.4 Å². The zero-order valence-corrected chi connectivity index (χ0v) is 12.2. The fraction of sp³-hybridized carbons (Fsp3) is 0.0625. The van der Waals surface area contributed by atoms with Crippen LogP contribution < -0.4 is 10.6 Å². The summed E-state index contributed by atoms with van der Waals surface area (Å²) in [7, 11) is 0. The predicted octanol–water partition coefficient (Wildman–Crippen LogP) is 2.99. The number of aryl methyl sites for hydroxylation is 1. The van der Waals surface area contributed by atoms with Gasteiger partial charge in [0.2, 0.25) is 0 Å². The number of nitrogens with zero attached hydrogens (tertiary/aromatic N) is 1. The lowest BCUT2D eigenvalue weighted by Crippen LogP contribution is -2.34. The summed E-state index contributed by atoms with van der Waals surface area (Å²) < 4.78 is 0. The quantitative estimate of drug-likeness (QED) is 0.836. The first-order chi connectivity index (χ1) is 10.1. The third-order valence-corrected chi connectivity index (χ3v) is 3.07. The molecule has 21 heavy (non-hydrogen) atoms. The first kappa shape index (κ1) is 14.7. The Kier molecular flexibility index (Phi) is 4.64. The van der Waals surface area contributed by atoms with E-state index in [9.17, 15) is 4.79 Å². The van der Waals surface area contributed by atoms with E-state index in [1.165, 1.54) is 0 Å². The molecule has 0 bridgehead atoms. The maximum atomic E-state index is 12.1. The summed E-state index contributed by atoms with van der Waals surface area (Å²) in [5.74, 6) is -0.262. The van der Waals surface area contributed by atoms with Crippen molar-refractivity contribution < 1.29 is 4.79 Å². The molecule has 0 atom stereocenters. The number of carbonyl (C=O) groups excluding carboxylic acids is 1. The summed E-state index contributed by atoms with van der Waals surface area (Å²) in [5, 5.41) is 14.5. The summed E-state index contributed by atoms with van der Waals surface area (Å²) >= 11 is 5.11. The zero-order valence-electron chi connectivity index (χ0n) is 11.4. The van der Waals surface area contributed by atoms with Crippen molar-refractivity contribution in [2.24, 2.45) is 0 Å². The minimum Gasteiger partial charge on any atom is -0.332 e. The number of hydrogen-bond acceptors (Lipinski definition) is 3. The van der Waals surface area contributed by atoms with Crippen LogP contribution in [0.1, 0.15) is 21.5 Å². The number of benzene rings is 2. The number of thiocarbonyl (C=S) groups is 1. The van der Waals surface area contributed by atoms with E-state index in [0.717, 1.165) is 5.56 Å². The third-order valence-electron chi connectivity index (χ3n) is 2.87. The number of rotatable bonds is 2. The molecule has 0 heterocycles. The van der Waals surface area contributed by atoms with Crippen LogP contribution >= 0.6 is 12.2 Å². The van der Waals surface area contributed by atoms with Gasteiger partial charge in [-0.25, -0.2) is 0 Å². The van der Waals surface area contributed by atoms with Gasteiger partial charge in [0.25, 0.3) is 5.91 Å². The van der Waals surface area contributed by atoms with Crippen molar-refractivity contribution in [3.05, 3.63) is 65.2 Å². The highest BCUT2D eigenvalue weighted by atomic mass is 32.1. The Hall–Kier alpha value is -2.71. The largest absolute Gasteiger partial charge is 0.332 e. The second kappa shape index (κ2) is 6.64. The van der Waals surface area contributed by atoms with E-state index in [2.05, 4.69) is 10.6 Å². The lowest BCUT2D eigenvalue weighted by atomic mass is 10.1. The predicted molar refractivity (Wildman–Crippen MR) is 86.0 cm³/mol. The molecule has 0 radical (unpaired) electrons. The number of amides is 1. The van der Waals surface area contributed by atoms with Crippen LogP contribution in [0.15, 0.2) is 48.5 Å².